The van der Waals surface area contributed by atoms with Crippen LogP contribution in [-0.2, 0) is 6.54 Å². The number of hydrogen-bond donors (Lipinski definition) is 3. The molecule has 3 N–H and O–H groups in total. The second-order valence-corrected chi connectivity index (χ2v) is 7.54. The van der Waals surface area contributed by atoms with E-state index in [0.717, 1.165) is 16.6 Å². The van der Waals surface area contributed by atoms with Crippen molar-refractivity contribution in [3.05, 3.63) is 59.6 Å². The zero-order valence-electron chi connectivity index (χ0n) is 16.9. The van der Waals surface area contributed by atoms with Gasteiger partial charge in [0, 0.05) is 12.6 Å². The highest BCUT2D eigenvalue weighted by atomic mass is 16.5. The van der Waals surface area contributed by atoms with Crippen LogP contribution in [0.2, 0.25) is 0 Å². The SMILES string of the molecule is COc1cc(CN2C(=N)C(c3nc4ccccc4[nH]3)=C(O)C2(C)C)cc(OC)c1. The van der Waals surface area contributed by atoms with E-state index in [4.69, 9.17) is 14.9 Å². The predicted molar refractivity (Wildman–Crippen MR) is 113 cm³/mol. The third kappa shape index (κ3) is 3.08. The van der Waals surface area contributed by atoms with Gasteiger partial charge in [-0.1, -0.05) is 12.1 Å². The van der Waals surface area contributed by atoms with Gasteiger partial charge in [-0.2, -0.15) is 0 Å². The van der Waals surface area contributed by atoms with Crippen LogP contribution in [0.25, 0.3) is 16.6 Å². The van der Waals surface area contributed by atoms with Crippen LogP contribution >= 0.6 is 0 Å². The minimum atomic E-state index is -0.762. The molecular weight excluding hydrogens is 368 g/mol. The van der Waals surface area contributed by atoms with Crippen LogP contribution in [0, 0.1) is 5.41 Å². The first kappa shape index (κ1) is 18.9. The number of rotatable bonds is 5. The fourth-order valence-corrected chi connectivity index (χ4v) is 3.67. The number of aliphatic hydroxyl groups is 1. The molecule has 2 aromatic carbocycles. The summed E-state index contributed by atoms with van der Waals surface area (Å²) >= 11 is 0. The summed E-state index contributed by atoms with van der Waals surface area (Å²) in [6.45, 7) is 4.20. The molecule has 4 rings (SSSR count). The Labute approximate surface area is 169 Å². The van der Waals surface area contributed by atoms with Crippen molar-refractivity contribution in [3.63, 3.8) is 0 Å². The molecule has 0 saturated heterocycles. The number of benzene rings is 2. The topological polar surface area (TPSA) is 94.5 Å². The first-order valence-electron chi connectivity index (χ1n) is 9.32. The van der Waals surface area contributed by atoms with Crippen molar-refractivity contribution in [3.8, 4) is 11.5 Å². The maximum atomic E-state index is 11.0. The summed E-state index contributed by atoms with van der Waals surface area (Å²) in [5.74, 6) is 2.19. The first-order chi connectivity index (χ1) is 13.8. The highest BCUT2D eigenvalue weighted by Crippen LogP contribution is 2.39. The lowest BCUT2D eigenvalue weighted by molar-refractivity contribution is 0.191. The van der Waals surface area contributed by atoms with Crippen LogP contribution in [0.1, 0.15) is 25.2 Å². The quantitative estimate of drug-likeness (QED) is 0.607. The Morgan fingerprint density at radius 2 is 1.76 bits per heavy atom. The molecule has 3 aromatic rings. The van der Waals surface area contributed by atoms with Crippen LogP contribution in [0.3, 0.4) is 0 Å². The van der Waals surface area contributed by atoms with E-state index < -0.39 is 5.54 Å². The molecule has 0 aliphatic carbocycles. The lowest BCUT2D eigenvalue weighted by atomic mass is 10.0. The summed E-state index contributed by atoms with van der Waals surface area (Å²) in [4.78, 5) is 9.64. The van der Waals surface area contributed by atoms with Crippen LogP contribution in [0.15, 0.2) is 48.2 Å². The molecule has 0 saturated carbocycles. The average Bonchev–Trinajstić information content (AvgIpc) is 3.20. The van der Waals surface area contributed by atoms with Gasteiger partial charge in [0.2, 0.25) is 0 Å². The number of hydrogen-bond acceptors (Lipinski definition) is 5. The second-order valence-electron chi connectivity index (χ2n) is 7.54. The molecule has 1 aromatic heterocycles. The van der Waals surface area contributed by atoms with E-state index in [1.54, 1.807) is 20.3 Å². The molecule has 0 spiro atoms. The normalized spacial score (nSPS) is 16.0. The van der Waals surface area contributed by atoms with Gasteiger partial charge in [-0.05, 0) is 43.7 Å². The van der Waals surface area contributed by atoms with E-state index in [-0.39, 0.29) is 11.6 Å². The minimum Gasteiger partial charge on any atom is -0.509 e. The van der Waals surface area contributed by atoms with Crippen LogP contribution in [-0.4, -0.2) is 45.6 Å². The van der Waals surface area contributed by atoms with Gasteiger partial charge in [0.25, 0.3) is 0 Å². The molecule has 0 unspecified atom stereocenters. The molecule has 1 aliphatic rings. The molecule has 0 fully saturated rings. The molecule has 7 nitrogen and oxygen atoms in total. The van der Waals surface area contributed by atoms with Gasteiger partial charge in [-0.25, -0.2) is 4.98 Å². The first-order valence-corrected chi connectivity index (χ1v) is 9.32. The summed E-state index contributed by atoms with van der Waals surface area (Å²) in [7, 11) is 3.21. The predicted octanol–water partition coefficient (Wildman–Crippen LogP) is 4.12. The molecule has 0 bridgehead atoms. The Bertz CT molecular complexity index is 1070. The molecular formula is C22H24N4O3. The molecule has 2 heterocycles. The Balaban J connectivity index is 1.71. The highest BCUT2D eigenvalue weighted by Gasteiger charge is 2.44. The lowest BCUT2D eigenvalue weighted by Gasteiger charge is -2.33. The van der Waals surface area contributed by atoms with Gasteiger partial charge in [-0.3, -0.25) is 5.41 Å². The van der Waals surface area contributed by atoms with Gasteiger partial charge >= 0.3 is 0 Å². The Morgan fingerprint density at radius 1 is 1.10 bits per heavy atom. The van der Waals surface area contributed by atoms with Crippen molar-refractivity contribution >= 4 is 22.4 Å². The lowest BCUT2D eigenvalue weighted by Crippen LogP contribution is -2.42. The number of imidazole rings is 1. The van der Waals surface area contributed by atoms with Crippen LogP contribution < -0.4 is 9.47 Å². The van der Waals surface area contributed by atoms with Crippen LogP contribution in [0.5, 0.6) is 11.5 Å². The smallest absolute Gasteiger partial charge is 0.145 e. The summed E-state index contributed by atoms with van der Waals surface area (Å²) in [6, 6.07) is 13.3. The van der Waals surface area contributed by atoms with Gasteiger partial charge in [0.15, 0.2) is 0 Å². The molecule has 29 heavy (non-hydrogen) atoms. The number of aromatic amines is 1. The zero-order chi connectivity index (χ0) is 20.8. The fourth-order valence-electron chi connectivity index (χ4n) is 3.67. The van der Waals surface area contributed by atoms with E-state index in [9.17, 15) is 5.11 Å². The Hall–Kier alpha value is -3.48. The zero-order valence-corrected chi connectivity index (χ0v) is 16.9. The number of aliphatic hydroxyl groups excluding tert-OH is 1. The van der Waals surface area contributed by atoms with Crippen molar-refractivity contribution in [1.82, 2.24) is 14.9 Å². The largest absolute Gasteiger partial charge is 0.509 e. The fraction of sp³-hybridized carbons (Fsp3) is 0.273. The van der Waals surface area contributed by atoms with E-state index in [1.165, 1.54) is 0 Å². The average molecular weight is 392 g/mol. The van der Waals surface area contributed by atoms with E-state index in [2.05, 4.69) is 9.97 Å². The monoisotopic (exact) mass is 392 g/mol. The summed E-state index contributed by atoms with van der Waals surface area (Å²) in [5.41, 5.74) is 2.23. The molecule has 7 heteroatoms. The summed E-state index contributed by atoms with van der Waals surface area (Å²) in [5, 5.41) is 19.8. The molecule has 0 radical (unpaired) electrons. The molecule has 150 valence electrons. The van der Waals surface area contributed by atoms with Gasteiger partial charge in [-0.15, -0.1) is 0 Å². The minimum absolute atomic E-state index is 0.122. The van der Waals surface area contributed by atoms with Crippen molar-refractivity contribution in [2.45, 2.75) is 25.9 Å². The number of aromatic nitrogens is 2. The Kier molecular flexibility index (Phi) is 4.45. The molecule has 1 aliphatic heterocycles. The highest BCUT2D eigenvalue weighted by molar-refractivity contribution is 6.23. The number of H-pyrrole nitrogens is 1. The second kappa shape index (κ2) is 6.84. The number of nitrogens with one attached hydrogen (secondary N) is 2. The third-order valence-electron chi connectivity index (χ3n) is 5.38. The number of nitrogens with zero attached hydrogens (tertiary/aromatic N) is 2. The van der Waals surface area contributed by atoms with E-state index >= 15 is 0 Å². The standard InChI is InChI=1S/C22H24N4O3/c1-22(2)19(27)18(21-24-16-7-5-6-8-17(16)25-21)20(23)26(22)12-13-9-14(28-3)11-15(10-13)29-4/h5-11,23,27H,12H2,1-4H3,(H,24,25). The van der Waals surface area contributed by atoms with Crippen molar-refractivity contribution in [1.29, 1.82) is 5.41 Å². The number of amidine groups is 1. The number of ether oxygens (including phenoxy) is 2. The van der Waals surface area contributed by atoms with Gasteiger partial charge < -0.3 is 24.5 Å². The van der Waals surface area contributed by atoms with E-state index in [1.807, 2.05) is 55.1 Å². The Morgan fingerprint density at radius 3 is 2.38 bits per heavy atom. The number of methoxy groups -OCH3 is 2. The van der Waals surface area contributed by atoms with Crippen molar-refractivity contribution in [2.75, 3.05) is 14.2 Å². The van der Waals surface area contributed by atoms with Crippen molar-refractivity contribution < 1.29 is 14.6 Å². The third-order valence-corrected chi connectivity index (χ3v) is 5.38. The summed E-state index contributed by atoms with van der Waals surface area (Å²) < 4.78 is 10.7. The van der Waals surface area contributed by atoms with E-state index in [0.29, 0.717) is 29.4 Å². The molecule has 0 amide bonds. The van der Waals surface area contributed by atoms with Gasteiger partial charge in [0.1, 0.15) is 28.9 Å². The molecule has 0 atom stereocenters. The van der Waals surface area contributed by atoms with Crippen LogP contribution in [0.4, 0.5) is 0 Å². The number of para-hydroxylation sites is 2. The number of fused-ring (bicyclic) bond motifs is 1. The van der Waals surface area contributed by atoms with Gasteiger partial charge in [0.05, 0.1) is 36.4 Å². The van der Waals surface area contributed by atoms with Crippen molar-refractivity contribution in [2.24, 2.45) is 0 Å². The maximum Gasteiger partial charge on any atom is 0.145 e. The maximum absolute atomic E-state index is 11.0. The summed E-state index contributed by atoms with van der Waals surface area (Å²) in [6.07, 6.45) is 0.